The van der Waals surface area contributed by atoms with E-state index in [4.69, 9.17) is 0 Å². The second-order valence-corrected chi connectivity index (χ2v) is 6.64. The predicted molar refractivity (Wildman–Crippen MR) is 76.7 cm³/mol. The van der Waals surface area contributed by atoms with Crippen molar-refractivity contribution in [3.8, 4) is 0 Å². The lowest BCUT2D eigenvalue weighted by Gasteiger charge is -2.37. The number of rotatable bonds is 4. The van der Waals surface area contributed by atoms with Crippen LogP contribution in [0.5, 0.6) is 0 Å². The van der Waals surface area contributed by atoms with Gasteiger partial charge >= 0.3 is 0 Å². The molecule has 2 heteroatoms. The van der Waals surface area contributed by atoms with Crippen molar-refractivity contribution in [2.45, 2.75) is 83.1 Å². The van der Waals surface area contributed by atoms with Crippen LogP contribution in [0.15, 0.2) is 0 Å². The second kappa shape index (κ2) is 7.49. The van der Waals surface area contributed by atoms with Crippen molar-refractivity contribution in [2.75, 3.05) is 13.2 Å². The van der Waals surface area contributed by atoms with Gasteiger partial charge in [-0.05, 0) is 25.7 Å². The summed E-state index contributed by atoms with van der Waals surface area (Å²) in [5, 5.41) is 13.5. The van der Waals surface area contributed by atoms with Gasteiger partial charge in [0.25, 0.3) is 0 Å². The molecule has 0 atom stereocenters. The molecule has 0 spiro atoms. The molecular formula is C16H31NO. The molecule has 18 heavy (non-hydrogen) atoms. The fraction of sp³-hybridized carbons (Fsp3) is 1.00. The summed E-state index contributed by atoms with van der Waals surface area (Å²) >= 11 is 0. The van der Waals surface area contributed by atoms with E-state index in [1.807, 2.05) is 0 Å². The van der Waals surface area contributed by atoms with E-state index in [9.17, 15) is 5.11 Å². The third-order valence-corrected chi connectivity index (χ3v) is 5.12. The minimum absolute atomic E-state index is 0.209. The van der Waals surface area contributed by atoms with Crippen molar-refractivity contribution >= 4 is 0 Å². The van der Waals surface area contributed by atoms with Crippen molar-refractivity contribution in [2.24, 2.45) is 5.41 Å². The molecule has 0 aromatic heterocycles. The molecule has 2 saturated carbocycles. The lowest BCUT2D eigenvalue weighted by molar-refractivity contribution is 0.0771. The van der Waals surface area contributed by atoms with E-state index in [0.29, 0.717) is 6.61 Å². The number of hydrogen-bond donors (Lipinski definition) is 2. The van der Waals surface area contributed by atoms with Gasteiger partial charge in [-0.15, -0.1) is 0 Å². The van der Waals surface area contributed by atoms with Gasteiger partial charge in [-0.2, -0.15) is 0 Å². The summed E-state index contributed by atoms with van der Waals surface area (Å²) in [7, 11) is 0. The highest BCUT2D eigenvalue weighted by Crippen LogP contribution is 2.35. The zero-order valence-corrected chi connectivity index (χ0v) is 11.9. The van der Waals surface area contributed by atoms with E-state index < -0.39 is 0 Å². The number of aliphatic hydroxyl groups is 1. The summed E-state index contributed by atoms with van der Waals surface area (Å²) in [6, 6.07) is 0.718. The van der Waals surface area contributed by atoms with Gasteiger partial charge < -0.3 is 10.4 Å². The summed E-state index contributed by atoms with van der Waals surface area (Å²) in [4.78, 5) is 0. The summed E-state index contributed by atoms with van der Waals surface area (Å²) in [6.45, 7) is 1.43. The van der Waals surface area contributed by atoms with Gasteiger partial charge in [0.05, 0.1) is 0 Å². The van der Waals surface area contributed by atoms with Gasteiger partial charge in [0.1, 0.15) is 0 Å². The van der Waals surface area contributed by atoms with Crippen LogP contribution in [0, 0.1) is 5.41 Å². The molecule has 0 aromatic rings. The van der Waals surface area contributed by atoms with Crippen LogP contribution in [0.25, 0.3) is 0 Å². The van der Waals surface area contributed by atoms with E-state index in [2.05, 4.69) is 5.32 Å². The average Bonchev–Trinajstić information content (AvgIpc) is 2.38. The van der Waals surface area contributed by atoms with Gasteiger partial charge in [0.2, 0.25) is 0 Å². The molecular weight excluding hydrogens is 222 g/mol. The second-order valence-electron chi connectivity index (χ2n) is 6.64. The summed E-state index contributed by atoms with van der Waals surface area (Å²) in [5.41, 5.74) is 0.209. The normalized spacial score (nSPS) is 26.5. The molecule has 2 rings (SSSR count). The molecule has 2 nitrogen and oxygen atoms in total. The molecule has 0 unspecified atom stereocenters. The largest absolute Gasteiger partial charge is 0.396 e. The molecule has 0 bridgehead atoms. The molecule has 0 heterocycles. The molecule has 0 aliphatic heterocycles. The maximum absolute atomic E-state index is 9.73. The van der Waals surface area contributed by atoms with Crippen LogP contribution in [0.2, 0.25) is 0 Å². The molecule has 2 N–H and O–H groups in total. The molecule has 2 fully saturated rings. The molecule has 0 radical (unpaired) electrons. The first-order chi connectivity index (χ1) is 8.85. The summed E-state index contributed by atoms with van der Waals surface area (Å²) in [5.74, 6) is 0. The van der Waals surface area contributed by atoms with Gasteiger partial charge in [-0.25, -0.2) is 0 Å². The minimum atomic E-state index is 0.209. The quantitative estimate of drug-likeness (QED) is 0.802. The van der Waals surface area contributed by atoms with Gasteiger partial charge in [0.15, 0.2) is 0 Å². The van der Waals surface area contributed by atoms with E-state index in [0.717, 1.165) is 12.6 Å². The van der Waals surface area contributed by atoms with Crippen molar-refractivity contribution in [1.82, 2.24) is 5.32 Å². The molecule has 2 aliphatic carbocycles. The third-order valence-electron chi connectivity index (χ3n) is 5.12. The highest BCUT2D eigenvalue weighted by molar-refractivity contribution is 4.86. The Morgan fingerprint density at radius 2 is 1.39 bits per heavy atom. The van der Waals surface area contributed by atoms with Gasteiger partial charge in [-0.1, -0.05) is 51.4 Å². The Kier molecular flexibility index (Phi) is 5.97. The Hall–Kier alpha value is -0.0800. The SMILES string of the molecule is OCC1(CNC2CCCCCCC2)CCCCC1. The van der Waals surface area contributed by atoms with Crippen LogP contribution >= 0.6 is 0 Å². The van der Waals surface area contributed by atoms with Crippen molar-refractivity contribution in [1.29, 1.82) is 0 Å². The fourth-order valence-electron chi connectivity index (χ4n) is 3.71. The Bertz CT molecular complexity index is 215. The van der Waals surface area contributed by atoms with Crippen LogP contribution < -0.4 is 5.32 Å². The van der Waals surface area contributed by atoms with Gasteiger partial charge in [-0.3, -0.25) is 0 Å². The van der Waals surface area contributed by atoms with E-state index in [1.165, 1.54) is 77.0 Å². The van der Waals surface area contributed by atoms with Crippen molar-refractivity contribution in [3.63, 3.8) is 0 Å². The van der Waals surface area contributed by atoms with Crippen LogP contribution in [0.1, 0.15) is 77.0 Å². The van der Waals surface area contributed by atoms with Crippen LogP contribution in [0.4, 0.5) is 0 Å². The van der Waals surface area contributed by atoms with E-state index in [-0.39, 0.29) is 5.41 Å². The maximum Gasteiger partial charge on any atom is 0.0499 e. The van der Waals surface area contributed by atoms with Crippen LogP contribution in [-0.2, 0) is 0 Å². The van der Waals surface area contributed by atoms with Crippen LogP contribution in [0.3, 0.4) is 0 Å². The molecule has 0 saturated heterocycles. The highest BCUT2D eigenvalue weighted by Gasteiger charge is 2.31. The number of hydrogen-bond acceptors (Lipinski definition) is 2. The Balaban J connectivity index is 1.76. The zero-order chi connectivity index (χ0) is 12.7. The number of nitrogens with one attached hydrogen (secondary N) is 1. The maximum atomic E-state index is 9.73. The third kappa shape index (κ3) is 4.24. The first-order valence-corrected chi connectivity index (χ1v) is 8.19. The van der Waals surface area contributed by atoms with Crippen molar-refractivity contribution in [3.05, 3.63) is 0 Å². The Labute approximate surface area is 113 Å². The smallest absolute Gasteiger partial charge is 0.0499 e. The topological polar surface area (TPSA) is 32.3 Å². The van der Waals surface area contributed by atoms with E-state index >= 15 is 0 Å². The average molecular weight is 253 g/mol. The number of aliphatic hydroxyl groups excluding tert-OH is 1. The molecule has 0 amide bonds. The fourth-order valence-corrected chi connectivity index (χ4v) is 3.71. The minimum Gasteiger partial charge on any atom is -0.396 e. The first-order valence-electron chi connectivity index (χ1n) is 8.19. The monoisotopic (exact) mass is 253 g/mol. The highest BCUT2D eigenvalue weighted by atomic mass is 16.3. The lowest BCUT2D eigenvalue weighted by atomic mass is 9.74. The predicted octanol–water partition coefficient (Wildman–Crippen LogP) is 3.63. The van der Waals surface area contributed by atoms with Crippen LogP contribution in [-0.4, -0.2) is 24.3 Å². The Morgan fingerprint density at radius 1 is 0.833 bits per heavy atom. The zero-order valence-electron chi connectivity index (χ0n) is 11.9. The Morgan fingerprint density at radius 3 is 2.00 bits per heavy atom. The molecule has 2 aliphatic rings. The lowest BCUT2D eigenvalue weighted by Crippen LogP contribution is -2.43. The van der Waals surface area contributed by atoms with Gasteiger partial charge in [0, 0.05) is 24.6 Å². The molecule has 106 valence electrons. The van der Waals surface area contributed by atoms with E-state index in [1.54, 1.807) is 0 Å². The summed E-state index contributed by atoms with van der Waals surface area (Å²) in [6.07, 6.45) is 16.2. The molecule has 0 aromatic carbocycles. The summed E-state index contributed by atoms with van der Waals surface area (Å²) < 4.78 is 0. The first kappa shape index (κ1) is 14.3. The standard InChI is InChI=1S/C16H31NO/c18-14-16(11-7-4-8-12-16)13-17-15-9-5-2-1-3-6-10-15/h15,17-18H,1-14H2. The van der Waals surface area contributed by atoms with Crippen molar-refractivity contribution < 1.29 is 5.11 Å².